The topological polar surface area (TPSA) is 237 Å². The van der Waals surface area contributed by atoms with Gasteiger partial charge in [0.2, 0.25) is 0 Å². The standard InChI is InChI=1S/C83H138O17P2/c1-5-9-13-17-21-25-29-32-35-37-38-40-42-45-49-52-56-60-64-68-81(86)94-74-79(100-83(88)70-66-62-58-54-50-46-43-39-36-33-30-26-22-18-14-10-6-2)76-98-102(91,92)96-72-77(84)71-95-101(89,90)97-75-78(99-82(87)69-65-61-57-53-47-28-24-20-16-12-8-4)73-93-80(85)67-63-59-55-51-48-44-41-34-31-27-23-19-15-11-7-3/h9-11,13-15,21-23,25-27,32-36,38,40-41,43,46,54,58,77-79,84H,5-8,12,16-20,24,28-31,37,39,42,44-45,47-53,55-57,59-76H2,1-4H3,(H,89,90)(H,91,92)/b13-9-,14-10-,15-11-,25-21-,26-22-,27-23-,35-32-,36-33-,40-38-,41-34-,46-43-,58-54-. The van der Waals surface area contributed by atoms with Crippen LogP contribution in [0.25, 0.3) is 0 Å². The van der Waals surface area contributed by atoms with E-state index in [0.29, 0.717) is 32.1 Å². The van der Waals surface area contributed by atoms with Crippen molar-refractivity contribution in [1.82, 2.24) is 0 Å². The quantitative estimate of drug-likeness (QED) is 0.0169. The molecule has 17 nitrogen and oxygen atoms in total. The number of unbranched alkanes of at least 4 members (excludes halogenated alkanes) is 22. The lowest BCUT2D eigenvalue weighted by Crippen LogP contribution is -2.30. The molecule has 582 valence electrons. The zero-order valence-corrected chi connectivity index (χ0v) is 65.3. The smallest absolute Gasteiger partial charge is 0.462 e. The first-order valence-corrected chi connectivity index (χ1v) is 42.1. The number of carbonyl (C=O) groups is 4. The first-order valence-electron chi connectivity index (χ1n) is 39.1. The summed E-state index contributed by atoms with van der Waals surface area (Å²) in [5, 5.41) is 10.6. The molecule has 0 saturated carbocycles. The molecule has 102 heavy (non-hydrogen) atoms. The molecular formula is C83H138O17P2. The SMILES string of the molecule is CC/C=C\C/C=C\C/C=C\C/C=C\C/C=C\CCCC(=O)OC(COC(=O)CCCCCCCC/C=C\C/C=C\C/C=C\C/C=C\CC)COP(=O)(O)OCC(O)COP(=O)(O)OCC(COC(=O)CCCCCCC/C=C\C/C=C\C/C=C\CC)OC(=O)CCCCCCCCCCCCC. The molecule has 0 aliphatic carbocycles. The lowest BCUT2D eigenvalue weighted by atomic mass is 10.1. The van der Waals surface area contributed by atoms with E-state index in [1.54, 1.807) is 0 Å². The van der Waals surface area contributed by atoms with Gasteiger partial charge >= 0.3 is 39.5 Å². The highest BCUT2D eigenvalue weighted by Gasteiger charge is 2.30. The molecule has 0 bridgehead atoms. The molecular weight excluding hydrogens is 1330 g/mol. The maximum absolute atomic E-state index is 13.1. The van der Waals surface area contributed by atoms with Crippen LogP contribution in [0.1, 0.15) is 297 Å². The number of hydrogen-bond donors (Lipinski definition) is 3. The van der Waals surface area contributed by atoms with Crippen molar-refractivity contribution in [2.24, 2.45) is 0 Å². The Labute approximate surface area is 617 Å². The molecule has 0 spiro atoms. The van der Waals surface area contributed by atoms with E-state index in [1.807, 2.05) is 12.2 Å². The molecule has 0 radical (unpaired) electrons. The van der Waals surface area contributed by atoms with E-state index < -0.39 is 97.5 Å². The van der Waals surface area contributed by atoms with Crippen LogP contribution in [0.3, 0.4) is 0 Å². The lowest BCUT2D eigenvalue weighted by molar-refractivity contribution is -0.161. The summed E-state index contributed by atoms with van der Waals surface area (Å²) in [7, 11) is -9.98. The molecule has 0 aromatic rings. The van der Waals surface area contributed by atoms with Gasteiger partial charge in [0.25, 0.3) is 0 Å². The van der Waals surface area contributed by atoms with Gasteiger partial charge in [-0.2, -0.15) is 0 Å². The summed E-state index contributed by atoms with van der Waals surface area (Å²) in [6.07, 6.45) is 84.1. The average Bonchev–Trinajstić information content (AvgIpc) is 0.927. The van der Waals surface area contributed by atoms with Crippen LogP contribution in [0.5, 0.6) is 0 Å². The maximum atomic E-state index is 13.1. The van der Waals surface area contributed by atoms with Crippen molar-refractivity contribution in [3.05, 3.63) is 146 Å². The van der Waals surface area contributed by atoms with Gasteiger partial charge in [-0.1, -0.05) is 283 Å². The summed E-state index contributed by atoms with van der Waals surface area (Å²) in [5.41, 5.74) is 0. The fourth-order valence-electron chi connectivity index (χ4n) is 9.97. The van der Waals surface area contributed by atoms with Gasteiger partial charge < -0.3 is 33.8 Å². The molecule has 0 aromatic heterocycles. The minimum atomic E-state index is -5.00. The van der Waals surface area contributed by atoms with Crippen molar-refractivity contribution < 1.29 is 80.2 Å². The van der Waals surface area contributed by atoms with Crippen LogP contribution in [0, 0.1) is 0 Å². The highest BCUT2D eigenvalue weighted by Crippen LogP contribution is 2.45. The third-order valence-corrected chi connectivity index (χ3v) is 17.7. The molecule has 0 aromatic carbocycles. The van der Waals surface area contributed by atoms with Gasteiger partial charge in [0.15, 0.2) is 12.2 Å². The summed E-state index contributed by atoms with van der Waals surface area (Å²) in [6, 6.07) is 0. The molecule has 5 atom stereocenters. The van der Waals surface area contributed by atoms with E-state index in [9.17, 15) is 43.2 Å². The number of esters is 4. The van der Waals surface area contributed by atoms with E-state index in [1.165, 1.54) is 38.5 Å². The number of carbonyl (C=O) groups excluding carboxylic acids is 4. The van der Waals surface area contributed by atoms with Gasteiger partial charge in [-0.05, 0) is 135 Å². The number of allylic oxidation sites excluding steroid dienone is 24. The lowest BCUT2D eigenvalue weighted by Gasteiger charge is -2.21. The summed E-state index contributed by atoms with van der Waals surface area (Å²) in [6.45, 7) is 4.43. The van der Waals surface area contributed by atoms with Crippen molar-refractivity contribution in [3.63, 3.8) is 0 Å². The Morgan fingerprint density at radius 2 is 0.520 bits per heavy atom. The van der Waals surface area contributed by atoms with Gasteiger partial charge in [0, 0.05) is 25.7 Å². The monoisotopic (exact) mass is 1470 g/mol. The molecule has 0 amide bonds. The van der Waals surface area contributed by atoms with Crippen molar-refractivity contribution >= 4 is 39.5 Å². The summed E-state index contributed by atoms with van der Waals surface area (Å²) < 4.78 is 68.4. The van der Waals surface area contributed by atoms with E-state index in [-0.39, 0.29) is 25.7 Å². The molecule has 0 aliphatic heterocycles. The van der Waals surface area contributed by atoms with Crippen LogP contribution in [0.2, 0.25) is 0 Å². The number of rotatable bonds is 72. The largest absolute Gasteiger partial charge is 0.472 e. The predicted octanol–water partition coefficient (Wildman–Crippen LogP) is 22.7. The van der Waals surface area contributed by atoms with Crippen LogP contribution in [-0.2, 0) is 65.4 Å². The first-order chi connectivity index (χ1) is 49.7. The van der Waals surface area contributed by atoms with Gasteiger partial charge in [-0.25, -0.2) is 9.13 Å². The van der Waals surface area contributed by atoms with E-state index in [4.69, 9.17) is 37.0 Å². The van der Waals surface area contributed by atoms with E-state index >= 15 is 0 Å². The zero-order valence-electron chi connectivity index (χ0n) is 63.5. The zero-order chi connectivity index (χ0) is 74.6. The second kappa shape index (κ2) is 74.2. The Kier molecular flexibility index (Phi) is 70.5. The minimum Gasteiger partial charge on any atom is -0.462 e. The molecule has 0 rings (SSSR count). The van der Waals surface area contributed by atoms with Crippen molar-refractivity contribution in [1.29, 1.82) is 0 Å². The van der Waals surface area contributed by atoms with Crippen molar-refractivity contribution in [2.45, 2.75) is 316 Å². The highest BCUT2D eigenvalue weighted by molar-refractivity contribution is 7.47. The molecule has 19 heteroatoms. The van der Waals surface area contributed by atoms with Crippen LogP contribution in [-0.4, -0.2) is 96.7 Å². The summed E-state index contributed by atoms with van der Waals surface area (Å²) >= 11 is 0. The van der Waals surface area contributed by atoms with Crippen LogP contribution >= 0.6 is 15.6 Å². The third kappa shape index (κ3) is 73.3. The molecule has 5 unspecified atom stereocenters. The van der Waals surface area contributed by atoms with Crippen LogP contribution < -0.4 is 0 Å². The Morgan fingerprint density at radius 3 is 0.824 bits per heavy atom. The van der Waals surface area contributed by atoms with Crippen LogP contribution in [0.4, 0.5) is 0 Å². The Bertz CT molecular complexity index is 2510. The first kappa shape index (κ1) is 96.9. The highest BCUT2D eigenvalue weighted by atomic mass is 31.2. The molecule has 0 aliphatic rings. The second-order valence-electron chi connectivity index (χ2n) is 25.5. The molecule has 0 saturated heterocycles. The number of phosphoric ester groups is 2. The summed E-state index contributed by atoms with van der Waals surface area (Å²) in [4.78, 5) is 72.9. The van der Waals surface area contributed by atoms with Crippen molar-refractivity contribution in [3.8, 4) is 0 Å². The van der Waals surface area contributed by atoms with E-state index in [2.05, 4.69) is 161 Å². The van der Waals surface area contributed by atoms with Gasteiger partial charge in [-0.3, -0.25) is 37.3 Å². The number of ether oxygens (including phenoxy) is 4. The molecule has 0 fully saturated rings. The van der Waals surface area contributed by atoms with Crippen LogP contribution in [0.15, 0.2) is 146 Å². The maximum Gasteiger partial charge on any atom is 0.472 e. The second-order valence-corrected chi connectivity index (χ2v) is 28.4. The number of aliphatic hydroxyl groups excluding tert-OH is 1. The summed E-state index contributed by atoms with van der Waals surface area (Å²) in [5.74, 6) is -2.28. The fraction of sp³-hybridized carbons (Fsp3) is 0.663. The van der Waals surface area contributed by atoms with Gasteiger partial charge in [-0.15, -0.1) is 0 Å². The Balaban J connectivity index is 5.41. The predicted molar refractivity (Wildman–Crippen MR) is 417 cm³/mol. The van der Waals surface area contributed by atoms with Crippen molar-refractivity contribution in [2.75, 3.05) is 39.6 Å². The number of aliphatic hydroxyl groups is 1. The Morgan fingerprint density at radius 1 is 0.284 bits per heavy atom. The van der Waals surface area contributed by atoms with E-state index in [0.717, 1.165) is 173 Å². The van der Waals surface area contributed by atoms with Gasteiger partial charge in [0.05, 0.1) is 26.4 Å². The number of hydrogen-bond acceptors (Lipinski definition) is 15. The average molecular weight is 1470 g/mol. The molecule has 3 N–H and O–H groups in total. The molecule has 0 heterocycles. The fourth-order valence-corrected chi connectivity index (χ4v) is 11.5. The Hall–Kier alpha value is -5.06. The van der Waals surface area contributed by atoms with Gasteiger partial charge in [0.1, 0.15) is 19.3 Å². The third-order valence-electron chi connectivity index (χ3n) is 15.8. The number of phosphoric acid groups is 2. The minimum absolute atomic E-state index is 0.00906. The normalized spacial score (nSPS) is 14.7.